The van der Waals surface area contributed by atoms with Crippen LogP contribution in [0.1, 0.15) is 45.2 Å². The molecule has 0 aliphatic carbocycles. The number of hydrogen-bond acceptors (Lipinski definition) is 5. The summed E-state index contributed by atoms with van der Waals surface area (Å²) in [6.07, 6.45) is 0.300. The molecule has 0 spiro atoms. The van der Waals surface area contributed by atoms with E-state index in [1.165, 1.54) is 17.0 Å². The Kier molecular flexibility index (Phi) is 11.1. The van der Waals surface area contributed by atoms with Crippen molar-refractivity contribution in [1.82, 2.24) is 10.2 Å². The molecule has 0 radical (unpaired) electrons. The number of benzene rings is 4. The molecule has 242 valence electrons. The van der Waals surface area contributed by atoms with E-state index in [-0.39, 0.29) is 23.0 Å². The van der Waals surface area contributed by atoms with Crippen LogP contribution in [-0.4, -0.2) is 43.3 Å². The smallest absolute Gasteiger partial charge is 0.264 e. The number of hydrogen-bond donors (Lipinski definition) is 1. The van der Waals surface area contributed by atoms with E-state index in [0.29, 0.717) is 28.5 Å². The Hall–Kier alpha value is -4.34. The van der Waals surface area contributed by atoms with Crippen molar-refractivity contribution >= 4 is 39.1 Å². The van der Waals surface area contributed by atoms with Gasteiger partial charge >= 0.3 is 0 Å². The van der Waals surface area contributed by atoms with Crippen LogP contribution in [0.25, 0.3) is 0 Å². The lowest BCUT2D eigenvalue weighted by atomic mass is 10.1. The number of anilines is 1. The molecule has 1 atom stereocenters. The molecule has 0 heterocycles. The minimum absolute atomic E-state index is 0.0108. The lowest BCUT2D eigenvalue weighted by molar-refractivity contribution is -0.141. The van der Waals surface area contributed by atoms with Crippen LogP contribution in [0.4, 0.5) is 5.69 Å². The summed E-state index contributed by atoms with van der Waals surface area (Å²) in [7, 11) is -4.22. The van der Waals surface area contributed by atoms with E-state index in [4.69, 9.17) is 16.3 Å². The Morgan fingerprint density at radius 2 is 1.43 bits per heavy atom. The maximum absolute atomic E-state index is 14.3. The minimum atomic E-state index is -4.22. The van der Waals surface area contributed by atoms with Gasteiger partial charge in [0.15, 0.2) is 0 Å². The number of halogens is 1. The molecular formula is C36H40ClN3O5S. The zero-order valence-electron chi connectivity index (χ0n) is 26.7. The molecule has 0 fully saturated rings. The first-order valence-corrected chi connectivity index (χ1v) is 16.9. The highest BCUT2D eigenvalue weighted by Crippen LogP contribution is 2.29. The fourth-order valence-corrected chi connectivity index (χ4v) is 6.46. The van der Waals surface area contributed by atoms with Crippen LogP contribution in [0.3, 0.4) is 0 Å². The number of ether oxygens (including phenoxy) is 1. The van der Waals surface area contributed by atoms with Crippen molar-refractivity contribution in [2.75, 3.05) is 10.8 Å². The number of aryl methyl sites for hydroxylation is 1. The summed E-state index contributed by atoms with van der Waals surface area (Å²) in [5.74, 6) is 0.227. The SMILES string of the molecule is CCC(C(=O)NC(C)(C)C)N(Cc1ccccc1Cl)C(=O)CN(c1ccc(Oc2ccccc2)cc1)S(=O)(=O)c1ccc(C)cc1. The molecule has 0 saturated heterocycles. The Morgan fingerprint density at radius 1 is 0.848 bits per heavy atom. The molecule has 0 aliphatic heterocycles. The summed E-state index contributed by atoms with van der Waals surface area (Å²) >= 11 is 6.49. The van der Waals surface area contributed by atoms with Crippen LogP contribution in [0.5, 0.6) is 11.5 Å². The predicted octanol–water partition coefficient (Wildman–Crippen LogP) is 7.36. The zero-order chi connectivity index (χ0) is 33.5. The topological polar surface area (TPSA) is 96.0 Å². The molecule has 0 aromatic heterocycles. The van der Waals surface area contributed by atoms with E-state index in [0.717, 1.165) is 9.87 Å². The maximum Gasteiger partial charge on any atom is 0.264 e. The summed E-state index contributed by atoms with van der Waals surface area (Å²) in [6, 6.07) is 28.3. The largest absolute Gasteiger partial charge is 0.457 e. The molecule has 0 aliphatic rings. The van der Waals surface area contributed by atoms with E-state index in [1.54, 1.807) is 60.7 Å². The van der Waals surface area contributed by atoms with Gasteiger partial charge in [0.05, 0.1) is 10.6 Å². The van der Waals surface area contributed by atoms with E-state index >= 15 is 0 Å². The van der Waals surface area contributed by atoms with Crippen LogP contribution < -0.4 is 14.4 Å². The normalized spacial score (nSPS) is 12.2. The Balaban J connectivity index is 1.74. The second kappa shape index (κ2) is 14.8. The van der Waals surface area contributed by atoms with Crippen LogP contribution in [-0.2, 0) is 26.2 Å². The fraction of sp³-hybridized carbons (Fsp3) is 0.278. The predicted molar refractivity (Wildman–Crippen MR) is 183 cm³/mol. The van der Waals surface area contributed by atoms with Crippen molar-refractivity contribution in [3.8, 4) is 11.5 Å². The number of nitrogens with zero attached hydrogens (tertiary/aromatic N) is 2. The van der Waals surface area contributed by atoms with Gasteiger partial charge in [-0.3, -0.25) is 13.9 Å². The van der Waals surface area contributed by atoms with E-state index in [2.05, 4.69) is 5.32 Å². The third-order valence-electron chi connectivity index (χ3n) is 7.17. The molecule has 0 saturated carbocycles. The molecule has 46 heavy (non-hydrogen) atoms. The molecular weight excluding hydrogens is 622 g/mol. The standard InChI is InChI=1S/C36H40ClN3O5S/c1-6-33(35(42)38-36(3,4)5)39(24-27-12-10-11-15-32(27)37)34(41)25-40(46(43,44)31-22-16-26(2)17-23-31)28-18-20-30(21-19-28)45-29-13-8-7-9-14-29/h7-23,33H,6,24-25H2,1-5H3,(H,38,42). The molecule has 10 heteroatoms. The molecule has 1 N–H and O–H groups in total. The second-order valence-electron chi connectivity index (χ2n) is 12.0. The number of carbonyl (C=O) groups excluding carboxylic acids is 2. The quantitative estimate of drug-likeness (QED) is 0.171. The van der Waals surface area contributed by atoms with Crippen LogP contribution in [0.15, 0.2) is 108 Å². The summed E-state index contributed by atoms with van der Waals surface area (Å²) in [5.41, 5.74) is 1.24. The van der Waals surface area contributed by atoms with Gasteiger partial charge in [-0.2, -0.15) is 0 Å². The van der Waals surface area contributed by atoms with Gasteiger partial charge in [-0.25, -0.2) is 8.42 Å². The van der Waals surface area contributed by atoms with Crippen molar-refractivity contribution < 1.29 is 22.7 Å². The van der Waals surface area contributed by atoms with Gasteiger partial charge in [-0.05, 0) is 94.3 Å². The van der Waals surface area contributed by atoms with E-state index in [1.807, 2.05) is 65.0 Å². The van der Waals surface area contributed by atoms with Crippen LogP contribution >= 0.6 is 11.6 Å². The molecule has 4 aromatic rings. The summed E-state index contributed by atoms with van der Waals surface area (Å²) in [4.78, 5) is 29.3. The number of para-hydroxylation sites is 1. The van der Waals surface area contributed by atoms with Gasteiger partial charge in [-0.1, -0.05) is 72.6 Å². The van der Waals surface area contributed by atoms with Crippen molar-refractivity contribution in [2.24, 2.45) is 0 Å². The highest BCUT2D eigenvalue weighted by atomic mass is 35.5. The Bertz CT molecular complexity index is 1740. The van der Waals surface area contributed by atoms with Gasteiger partial charge in [-0.15, -0.1) is 0 Å². The number of sulfonamides is 1. The number of amides is 2. The van der Waals surface area contributed by atoms with E-state index in [9.17, 15) is 18.0 Å². The Morgan fingerprint density at radius 3 is 2.02 bits per heavy atom. The molecule has 4 rings (SSSR count). The summed E-state index contributed by atoms with van der Waals surface area (Å²) in [6.45, 7) is 8.71. The maximum atomic E-state index is 14.3. The van der Waals surface area contributed by atoms with Gasteiger partial charge in [0.25, 0.3) is 10.0 Å². The minimum Gasteiger partial charge on any atom is -0.457 e. The zero-order valence-corrected chi connectivity index (χ0v) is 28.3. The average Bonchev–Trinajstić information content (AvgIpc) is 3.01. The van der Waals surface area contributed by atoms with Crippen molar-refractivity contribution in [3.05, 3.63) is 119 Å². The molecule has 0 bridgehead atoms. The molecule has 2 amide bonds. The average molecular weight is 662 g/mol. The summed E-state index contributed by atoms with van der Waals surface area (Å²) < 4.78 is 35.3. The molecule has 8 nitrogen and oxygen atoms in total. The van der Waals surface area contributed by atoms with Crippen LogP contribution in [0, 0.1) is 6.92 Å². The Labute approximate surface area is 277 Å². The molecule has 4 aromatic carbocycles. The number of nitrogens with one attached hydrogen (secondary N) is 1. The molecule has 1 unspecified atom stereocenters. The van der Waals surface area contributed by atoms with Gasteiger partial charge < -0.3 is 15.0 Å². The van der Waals surface area contributed by atoms with Gasteiger partial charge in [0, 0.05) is 17.1 Å². The van der Waals surface area contributed by atoms with E-state index < -0.39 is 34.1 Å². The third kappa shape index (κ3) is 8.89. The second-order valence-corrected chi connectivity index (χ2v) is 14.3. The third-order valence-corrected chi connectivity index (χ3v) is 9.33. The number of rotatable bonds is 12. The van der Waals surface area contributed by atoms with Crippen LogP contribution in [0.2, 0.25) is 5.02 Å². The van der Waals surface area contributed by atoms with Gasteiger partial charge in [0.2, 0.25) is 11.8 Å². The lowest BCUT2D eigenvalue weighted by Crippen LogP contribution is -2.55. The first kappa shape index (κ1) is 34.5. The van der Waals surface area contributed by atoms with Crippen molar-refractivity contribution in [3.63, 3.8) is 0 Å². The van der Waals surface area contributed by atoms with Crippen molar-refractivity contribution in [2.45, 2.75) is 64.1 Å². The lowest BCUT2D eigenvalue weighted by Gasteiger charge is -2.35. The first-order valence-electron chi connectivity index (χ1n) is 15.1. The fourth-order valence-electron chi connectivity index (χ4n) is 4.85. The van der Waals surface area contributed by atoms with Crippen molar-refractivity contribution in [1.29, 1.82) is 0 Å². The highest BCUT2D eigenvalue weighted by molar-refractivity contribution is 7.92. The van der Waals surface area contributed by atoms with Gasteiger partial charge in [0.1, 0.15) is 24.1 Å². The summed E-state index contributed by atoms with van der Waals surface area (Å²) in [5, 5.41) is 3.40. The monoisotopic (exact) mass is 661 g/mol. The first-order chi connectivity index (χ1) is 21.8. The highest BCUT2D eigenvalue weighted by Gasteiger charge is 2.35. The number of carbonyl (C=O) groups is 2.